The van der Waals surface area contributed by atoms with Crippen molar-refractivity contribution in [1.29, 1.82) is 0 Å². The van der Waals surface area contributed by atoms with Gasteiger partial charge < -0.3 is 14.4 Å². The maximum atomic E-state index is 11.2. The number of non-ortho nitro benzene ring substituents is 1. The number of nitrogens with one attached hydrogen (secondary N) is 1. The van der Waals surface area contributed by atoms with Crippen LogP contribution in [-0.2, 0) is 9.53 Å². The smallest absolute Gasteiger partial charge is 0.320 e. The van der Waals surface area contributed by atoms with E-state index in [-0.39, 0.29) is 33.3 Å². The van der Waals surface area contributed by atoms with Crippen LogP contribution in [0.4, 0.5) is 5.69 Å². The third-order valence-electron chi connectivity index (χ3n) is 2.64. The predicted molar refractivity (Wildman–Crippen MR) is 99.4 cm³/mol. The molecule has 0 fully saturated rings. The van der Waals surface area contributed by atoms with Gasteiger partial charge in [0.1, 0.15) is 20.5 Å². The van der Waals surface area contributed by atoms with Crippen molar-refractivity contribution in [2.75, 3.05) is 6.54 Å². The molecule has 2 N–H and O–H groups in total. The second-order valence-corrected chi connectivity index (χ2v) is 5.94. The van der Waals surface area contributed by atoms with Crippen LogP contribution >= 0.6 is 8.96 Å². The van der Waals surface area contributed by atoms with E-state index < -0.39 is 4.92 Å². The number of phenolic OH excluding ortho intramolecular Hbond substituents is 1. The van der Waals surface area contributed by atoms with Crippen molar-refractivity contribution in [1.82, 2.24) is 5.09 Å². The van der Waals surface area contributed by atoms with E-state index in [0.29, 0.717) is 11.5 Å². The fourth-order valence-electron chi connectivity index (χ4n) is 1.57. The lowest BCUT2D eigenvalue weighted by Gasteiger charge is -2.09. The molecule has 2 aromatic carbocycles. The van der Waals surface area contributed by atoms with Crippen molar-refractivity contribution >= 4 is 20.6 Å². The van der Waals surface area contributed by atoms with Crippen LogP contribution in [0.5, 0.6) is 11.5 Å². The monoisotopic (exact) mass is 380 g/mol. The molecule has 8 nitrogen and oxygen atoms in total. The fourth-order valence-corrected chi connectivity index (χ4v) is 2.11. The number of carbonyl (C=O) groups is 1. The Balaban J connectivity index is 0.000000401. The summed E-state index contributed by atoms with van der Waals surface area (Å²) in [5, 5.41) is 21.8. The Hall–Kier alpha value is -2.70. The molecule has 0 aliphatic carbocycles. The average molecular weight is 380 g/mol. The predicted octanol–water partition coefficient (Wildman–Crippen LogP) is 3.42. The minimum atomic E-state index is -0.480. The van der Waals surface area contributed by atoms with Crippen LogP contribution in [0.25, 0.3) is 0 Å². The highest BCUT2D eigenvalue weighted by atomic mass is 31.1. The SMILES string of the molecule is CC(C)OC(=O)CNPOc1ccc([N+](=O)[O-])cc1.Oc1ccccc1. The second-order valence-electron chi connectivity index (χ2n) is 5.18. The maximum absolute atomic E-state index is 11.2. The van der Waals surface area contributed by atoms with E-state index in [4.69, 9.17) is 14.4 Å². The van der Waals surface area contributed by atoms with Gasteiger partial charge >= 0.3 is 5.97 Å². The molecular formula is C17H21N2O6P. The quantitative estimate of drug-likeness (QED) is 0.249. The molecule has 0 aliphatic rings. The molecule has 2 aromatic rings. The van der Waals surface area contributed by atoms with Gasteiger partial charge in [0.05, 0.1) is 17.6 Å². The number of nitro groups is 1. The van der Waals surface area contributed by atoms with E-state index in [0.717, 1.165) is 0 Å². The number of benzene rings is 2. The molecule has 0 bridgehead atoms. The van der Waals surface area contributed by atoms with Gasteiger partial charge in [0.25, 0.3) is 5.69 Å². The molecule has 9 heteroatoms. The van der Waals surface area contributed by atoms with Crippen LogP contribution in [0.3, 0.4) is 0 Å². The lowest BCUT2D eigenvalue weighted by atomic mass is 10.3. The van der Waals surface area contributed by atoms with Gasteiger partial charge in [-0.1, -0.05) is 18.2 Å². The van der Waals surface area contributed by atoms with Crippen molar-refractivity contribution < 1.29 is 24.1 Å². The number of nitrogens with zero attached hydrogens (tertiary/aromatic N) is 1. The highest BCUT2D eigenvalue weighted by Crippen LogP contribution is 2.21. The van der Waals surface area contributed by atoms with Crippen LogP contribution in [0.15, 0.2) is 54.6 Å². The van der Waals surface area contributed by atoms with Crippen molar-refractivity contribution in [3.63, 3.8) is 0 Å². The third-order valence-corrected chi connectivity index (χ3v) is 3.30. The van der Waals surface area contributed by atoms with Crippen LogP contribution in [0, 0.1) is 10.1 Å². The second kappa shape index (κ2) is 11.8. The number of esters is 1. The Kier molecular flexibility index (Phi) is 9.67. The summed E-state index contributed by atoms with van der Waals surface area (Å²) in [6, 6.07) is 14.4. The molecule has 0 radical (unpaired) electrons. The highest BCUT2D eigenvalue weighted by Gasteiger charge is 2.06. The molecule has 1 atom stereocenters. The molecule has 0 aromatic heterocycles. The van der Waals surface area contributed by atoms with E-state index >= 15 is 0 Å². The Morgan fingerprint density at radius 3 is 2.27 bits per heavy atom. The molecule has 0 saturated carbocycles. The summed E-state index contributed by atoms with van der Waals surface area (Å²) in [5.74, 6) is 0.464. The van der Waals surface area contributed by atoms with E-state index in [1.807, 2.05) is 6.07 Å². The molecule has 0 spiro atoms. The number of para-hydroxylation sites is 1. The summed E-state index contributed by atoms with van der Waals surface area (Å²) in [6.45, 7) is 3.60. The summed E-state index contributed by atoms with van der Waals surface area (Å²) >= 11 is 0. The van der Waals surface area contributed by atoms with Crippen molar-refractivity contribution in [2.45, 2.75) is 20.0 Å². The van der Waals surface area contributed by atoms with Crippen LogP contribution in [0.2, 0.25) is 0 Å². The number of rotatable bonds is 7. The number of nitro benzene ring substituents is 1. The van der Waals surface area contributed by atoms with E-state index in [1.54, 1.807) is 38.1 Å². The van der Waals surface area contributed by atoms with Gasteiger partial charge in [-0.2, -0.15) is 0 Å². The highest BCUT2D eigenvalue weighted by molar-refractivity contribution is 7.30. The lowest BCUT2D eigenvalue weighted by Crippen LogP contribution is -2.22. The molecule has 26 heavy (non-hydrogen) atoms. The largest absolute Gasteiger partial charge is 0.508 e. The zero-order chi connectivity index (χ0) is 19.4. The van der Waals surface area contributed by atoms with Gasteiger partial charge in [-0.25, -0.2) is 0 Å². The molecule has 0 heterocycles. The van der Waals surface area contributed by atoms with Gasteiger partial charge in [-0.05, 0) is 38.1 Å². The summed E-state index contributed by atoms with van der Waals surface area (Å²) < 4.78 is 10.2. The number of carbonyl (C=O) groups excluding carboxylic acids is 1. The molecular weight excluding hydrogens is 359 g/mol. The molecule has 0 aliphatic heterocycles. The van der Waals surface area contributed by atoms with Crippen LogP contribution in [-0.4, -0.2) is 28.6 Å². The number of ether oxygens (including phenoxy) is 1. The number of aromatic hydroxyl groups is 1. The van der Waals surface area contributed by atoms with Gasteiger partial charge in [-0.15, -0.1) is 0 Å². The zero-order valence-corrected chi connectivity index (χ0v) is 15.4. The van der Waals surface area contributed by atoms with Gasteiger partial charge in [0.2, 0.25) is 0 Å². The molecule has 0 saturated heterocycles. The molecule has 2 rings (SSSR count). The standard InChI is InChI=1S/C11H15N2O5P.C6H6O/c1-8(2)17-11(14)7-12-19-18-10-5-3-9(4-6-10)13(15)16;7-6-4-2-1-3-5-6/h3-6,8,12,19H,7H2,1-2H3;1-5,7H. The van der Waals surface area contributed by atoms with Gasteiger partial charge in [0.15, 0.2) is 0 Å². The third kappa shape index (κ3) is 9.56. The zero-order valence-electron chi connectivity index (χ0n) is 14.4. The van der Waals surface area contributed by atoms with Crippen molar-refractivity contribution in [3.05, 3.63) is 64.7 Å². The number of hydrogen-bond donors (Lipinski definition) is 2. The Bertz CT molecular complexity index is 679. The first-order valence-corrected chi connectivity index (χ1v) is 8.62. The minimum Gasteiger partial charge on any atom is -0.508 e. The normalized spacial score (nSPS) is 10.3. The lowest BCUT2D eigenvalue weighted by molar-refractivity contribution is -0.384. The first-order chi connectivity index (χ1) is 12.4. The van der Waals surface area contributed by atoms with Crippen LogP contribution < -0.4 is 9.61 Å². The minimum absolute atomic E-state index is 0.00385. The average Bonchev–Trinajstić information content (AvgIpc) is 2.60. The maximum Gasteiger partial charge on any atom is 0.320 e. The molecule has 1 unspecified atom stereocenters. The first kappa shape index (κ1) is 21.3. The summed E-state index contributed by atoms with van der Waals surface area (Å²) in [7, 11) is -0.130. The number of hydrogen-bond acceptors (Lipinski definition) is 7. The first-order valence-electron chi connectivity index (χ1n) is 7.71. The number of phenols is 1. The van der Waals surface area contributed by atoms with Gasteiger partial charge in [0, 0.05) is 12.1 Å². The summed E-state index contributed by atoms with van der Waals surface area (Å²) in [6.07, 6.45) is -0.145. The Morgan fingerprint density at radius 1 is 1.19 bits per heavy atom. The molecule has 140 valence electrons. The van der Waals surface area contributed by atoms with Crippen LogP contribution in [0.1, 0.15) is 13.8 Å². The Labute approximate surface area is 153 Å². The van der Waals surface area contributed by atoms with Gasteiger partial charge in [-0.3, -0.25) is 20.0 Å². The fraction of sp³-hybridized carbons (Fsp3) is 0.235. The van der Waals surface area contributed by atoms with E-state index in [2.05, 4.69) is 5.09 Å². The van der Waals surface area contributed by atoms with E-state index in [9.17, 15) is 14.9 Å². The Morgan fingerprint density at radius 2 is 1.81 bits per heavy atom. The van der Waals surface area contributed by atoms with Crippen molar-refractivity contribution in [2.24, 2.45) is 0 Å². The van der Waals surface area contributed by atoms with Crippen molar-refractivity contribution in [3.8, 4) is 11.5 Å². The van der Waals surface area contributed by atoms with E-state index in [1.165, 1.54) is 24.3 Å². The molecule has 0 amide bonds. The summed E-state index contributed by atoms with van der Waals surface area (Å²) in [5.41, 5.74) is 0.00385. The topological polar surface area (TPSA) is 111 Å². The summed E-state index contributed by atoms with van der Waals surface area (Å²) in [4.78, 5) is 21.1.